The second-order valence-corrected chi connectivity index (χ2v) is 6.69. The summed E-state index contributed by atoms with van der Waals surface area (Å²) in [7, 11) is 1.59. The molecule has 1 rings (SSSR count). The van der Waals surface area contributed by atoms with Gasteiger partial charge < -0.3 is 24.8 Å². The van der Waals surface area contributed by atoms with Crippen LogP contribution in [-0.2, 0) is 14.3 Å². The lowest BCUT2D eigenvalue weighted by atomic mass is 9.85. The zero-order valence-electron chi connectivity index (χ0n) is 13.4. The number of likely N-dealkylation sites (tertiary alicyclic amines) is 1. The SMILES string of the molecule is COCC(C)NC1(CC(=O)O)CN(C(=O)OC(C)(C)C)C1. The first-order chi connectivity index (χ1) is 9.57. The summed E-state index contributed by atoms with van der Waals surface area (Å²) < 4.78 is 10.3. The smallest absolute Gasteiger partial charge is 0.410 e. The van der Waals surface area contributed by atoms with E-state index in [0.29, 0.717) is 19.7 Å². The van der Waals surface area contributed by atoms with E-state index in [4.69, 9.17) is 14.6 Å². The molecule has 21 heavy (non-hydrogen) atoms. The molecule has 1 unspecified atom stereocenters. The van der Waals surface area contributed by atoms with Crippen molar-refractivity contribution in [3.05, 3.63) is 0 Å². The quantitative estimate of drug-likeness (QED) is 0.763. The molecule has 122 valence electrons. The topological polar surface area (TPSA) is 88.1 Å². The van der Waals surface area contributed by atoms with Gasteiger partial charge in [-0.25, -0.2) is 4.79 Å². The van der Waals surface area contributed by atoms with Crippen molar-refractivity contribution >= 4 is 12.1 Å². The average Bonchev–Trinajstić information content (AvgIpc) is 2.21. The first-order valence-electron chi connectivity index (χ1n) is 7.03. The van der Waals surface area contributed by atoms with Gasteiger partial charge in [-0.2, -0.15) is 0 Å². The average molecular weight is 302 g/mol. The van der Waals surface area contributed by atoms with Crippen LogP contribution in [0.1, 0.15) is 34.1 Å². The van der Waals surface area contributed by atoms with Crippen LogP contribution in [0.2, 0.25) is 0 Å². The van der Waals surface area contributed by atoms with E-state index in [1.54, 1.807) is 27.9 Å². The molecule has 1 atom stereocenters. The van der Waals surface area contributed by atoms with Gasteiger partial charge in [0, 0.05) is 26.2 Å². The Kier molecular flexibility index (Phi) is 5.58. The zero-order chi connectivity index (χ0) is 16.3. The lowest BCUT2D eigenvalue weighted by molar-refractivity contribution is -0.141. The normalized spacial score (nSPS) is 18.8. The summed E-state index contributed by atoms with van der Waals surface area (Å²) in [6, 6.07) is 0.00939. The van der Waals surface area contributed by atoms with Gasteiger partial charge in [0.15, 0.2) is 0 Å². The van der Waals surface area contributed by atoms with Crippen LogP contribution in [0.4, 0.5) is 4.79 Å². The number of amides is 1. The molecule has 0 saturated carbocycles. The number of carbonyl (C=O) groups excluding carboxylic acids is 1. The van der Waals surface area contributed by atoms with Gasteiger partial charge in [0.2, 0.25) is 0 Å². The number of nitrogens with zero attached hydrogens (tertiary/aromatic N) is 1. The van der Waals surface area contributed by atoms with E-state index in [1.807, 2.05) is 6.92 Å². The van der Waals surface area contributed by atoms with Gasteiger partial charge >= 0.3 is 12.1 Å². The number of carbonyl (C=O) groups is 2. The van der Waals surface area contributed by atoms with E-state index >= 15 is 0 Å². The maximum atomic E-state index is 11.9. The van der Waals surface area contributed by atoms with Crippen LogP contribution >= 0.6 is 0 Å². The highest BCUT2D eigenvalue weighted by atomic mass is 16.6. The van der Waals surface area contributed by atoms with Crippen molar-refractivity contribution in [2.75, 3.05) is 26.8 Å². The Morgan fingerprint density at radius 2 is 1.95 bits per heavy atom. The second-order valence-electron chi connectivity index (χ2n) is 6.69. The molecule has 0 aromatic rings. The fourth-order valence-electron chi connectivity index (χ4n) is 2.50. The number of aliphatic carboxylic acids is 1. The summed E-state index contributed by atoms with van der Waals surface area (Å²) in [5.41, 5.74) is -1.17. The number of carboxylic acids is 1. The van der Waals surface area contributed by atoms with Crippen LogP contribution < -0.4 is 5.32 Å². The Hall–Kier alpha value is -1.34. The van der Waals surface area contributed by atoms with Crippen LogP contribution in [0.25, 0.3) is 0 Å². The van der Waals surface area contributed by atoms with Gasteiger partial charge in [-0.1, -0.05) is 0 Å². The van der Waals surface area contributed by atoms with Gasteiger partial charge in [0.25, 0.3) is 0 Å². The summed E-state index contributed by atoms with van der Waals surface area (Å²) in [5.74, 6) is -0.893. The Labute approximate surface area is 125 Å². The molecule has 0 radical (unpaired) electrons. The molecule has 0 aromatic carbocycles. The van der Waals surface area contributed by atoms with E-state index in [2.05, 4.69) is 5.32 Å². The molecular formula is C14H26N2O5. The molecule has 2 N–H and O–H groups in total. The molecule has 1 aliphatic heterocycles. The van der Waals surface area contributed by atoms with Crippen molar-refractivity contribution in [2.45, 2.75) is 51.3 Å². The number of methoxy groups -OCH3 is 1. The van der Waals surface area contributed by atoms with Crippen molar-refractivity contribution in [2.24, 2.45) is 0 Å². The van der Waals surface area contributed by atoms with Gasteiger partial charge in [-0.15, -0.1) is 0 Å². The Bertz CT molecular complexity index is 385. The maximum Gasteiger partial charge on any atom is 0.410 e. The molecule has 7 nitrogen and oxygen atoms in total. The first kappa shape index (κ1) is 17.7. The molecule has 1 heterocycles. The van der Waals surface area contributed by atoms with Crippen molar-refractivity contribution in [3.8, 4) is 0 Å². The summed E-state index contributed by atoms with van der Waals surface area (Å²) >= 11 is 0. The van der Waals surface area contributed by atoms with Crippen molar-refractivity contribution < 1.29 is 24.2 Å². The number of rotatable bonds is 6. The van der Waals surface area contributed by atoms with E-state index < -0.39 is 23.2 Å². The van der Waals surface area contributed by atoms with Crippen LogP contribution in [0, 0.1) is 0 Å². The van der Waals surface area contributed by atoms with Crippen molar-refractivity contribution in [1.29, 1.82) is 0 Å². The van der Waals surface area contributed by atoms with Crippen LogP contribution in [0.5, 0.6) is 0 Å². The lowest BCUT2D eigenvalue weighted by Crippen LogP contribution is -2.72. The molecule has 0 aliphatic carbocycles. The fourth-order valence-corrected chi connectivity index (χ4v) is 2.50. The second kappa shape index (κ2) is 6.62. The van der Waals surface area contributed by atoms with Crippen LogP contribution in [-0.4, -0.2) is 66.1 Å². The van der Waals surface area contributed by atoms with Gasteiger partial charge in [0.1, 0.15) is 5.60 Å². The molecule has 1 saturated heterocycles. The third-order valence-electron chi connectivity index (χ3n) is 3.10. The highest BCUT2D eigenvalue weighted by molar-refractivity contribution is 5.73. The monoisotopic (exact) mass is 302 g/mol. The number of carboxylic acid groups (broad SMARTS) is 1. The Balaban J connectivity index is 2.61. The number of hydrogen-bond acceptors (Lipinski definition) is 5. The summed E-state index contributed by atoms with van der Waals surface area (Å²) in [6.07, 6.45) is -0.454. The Morgan fingerprint density at radius 1 is 1.38 bits per heavy atom. The minimum absolute atomic E-state index is 0.00939. The standard InChI is InChI=1S/C14H26N2O5/c1-10(7-20-5)15-14(6-11(17)18)8-16(9-14)12(19)21-13(2,3)4/h10,15H,6-9H2,1-5H3,(H,17,18). The molecule has 0 spiro atoms. The van der Waals surface area contributed by atoms with Crippen molar-refractivity contribution in [3.63, 3.8) is 0 Å². The number of nitrogens with one attached hydrogen (secondary N) is 1. The fraction of sp³-hybridized carbons (Fsp3) is 0.857. The highest BCUT2D eigenvalue weighted by Gasteiger charge is 2.48. The van der Waals surface area contributed by atoms with Crippen molar-refractivity contribution in [1.82, 2.24) is 10.2 Å². The predicted molar refractivity (Wildman–Crippen MR) is 77.3 cm³/mol. The molecule has 1 aliphatic rings. The first-order valence-corrected chi connectivity index (χ1v) is 7.03. The third-order valence-corrected chi connectivity index (χ3v) is 3.10. The summed E-state index contributed by atoms with van der Waals surface area (Å²) in [4.78, 5) is 24.5. The van der Waals surface area contributed by atoms with Crippen LogP contribution in [0.3, 0.4) is 0 Å². The molecule has 1 amide bonds. The predicted octanol–water partition coefficient (Wildman–Crippen LogP) is 1.08. The number of ether oxygens (including phenoxy) is 2. The van der Waals surface area contributed by atoms with E-state index in [9.17, 15) is 9.59 Å². The van der Waals surface area contributed by atoms with Gasteiger partial charge in [-0.05, 0) is 27.7 Å². The van der Waals surface area contributed by atoms with Gasteiger partial charge in [0.05, 0.1) is 18.6 Å². The van der Waals surface area contributed by atoms with E-state index in [1.165, 1.54) is 4.90 Å². The molecule has 0 aromatic heterocycles. The molecular weight excluding hydrogens is 276 g/mol. The highest BCUT2D eigenvalue weighted by Crippen LogP contribution is 2.27. The molecule has 0 bridgehead atoms. The maximum absolute atomic E-state index is 11.9. The summed E-state index contributed by atoms with van der Waals surface area (Å²) in [5, 5.41) is 12.3. The Morgan fingerprint density at radius 3 is 2.38 bits per heavy atom. The lowest BCUT2D eigenvalue weighted by Gasteiger charge is -2.50. The molecule has 1 fully saturated rings. The minimum atomic E-state index is -0.893. The molecule has 7 heteroatoms. The van der Waals surface area contributed by atoms with Gasteiger partial charge in [-0.3, -0.25) is 4.79 Å². The minimum Gasteiger partial charge on any atom is -0.481 e. The van der Waals surface area contributed by atoms with E-state index in [-0.39, 0.29) is 12.5 Å². The number of hydrogen-bond donors (Lipinski definition) is 2. The third kappa shape index (κ3) is 5.51. The zero-order valence-corrected chi connectivity index (χ0v) is 13.4. The van der Waals surface area contributed by atoms with E-state index in [0.717, 1.165) is 0 Å². The largest absolute Gasteiger partial charge is 0.481 e. The summed E-state index contributed by atoms with van der Waals surface area (Å²) in [6.45, 7) is 8.44. The van der Waals surface area contributed by atoms with Crippen LogP contribution in [0.15, 0.2) is 0 Å².